The number of hydrogen-bond donors (Lipinski definition) is 2. The van der Waals surface area contributed by atoms with Crippen LogP contribution in [0.3, 0.4) is 0 Å². The highest BCUT2D eigenvalue weighted by molar-refractivity contribution is 5.54. The molecule has 0 bridgehead atoms. The van der Waals surface area contributed by atoms with E-state index in [2.05, 4.69) is 23.5 Å². The van der Waals surface area contributed by atoms with Crippen molar-refractivity contribution < 1.29 is 9.84 Å². The van der Waals surface area contributed by atoms with Crippen LogP contribution in [0.15, 0.2) is 24.3 Å². The van der Waals surface area contributed by atoms with Gasteiger partial charge in [0.1, 0.15) is 0 Å². The topological polar surface area (TPSA) is 41.5 Å². The lowest BCUT2D eigenvalue weighted by atomic mass is 9.81. The van der Waals surface area contributed by atoms with Gasteiger partial charge in [0, 0.05) is 31.7 Å². The lowest BCUT2D eigenvalue weighted by molar-refractivity contribution is -0.0757. The van der Waals surface area contributed by atoms with E-state index in [1.54, 1.807) is 0 Å². The van der Waals surface area contributed by atoms with Gasteiger partial charge in [0.15, 0.2) is 0 Å². The average molecular weight is 233 g/mol. The fraction of sp³-hybridized carbons (Fsp3) is 0.571. The quantitative estimate of drug-likeness (QED) is 0.779. The number of fused-ring (bicyclic) bond motifs is 1. The van der Waals surface area contributed by atoms with Gasteiger partial charge in [-0.2, -0.15) is 0 Å². The van der Waals surface area contributed by atoms with E-state index in [-0.39, 0.29) is 6.04 Å². The second-order valence-electron chi connectivity index (χ2n) is 5.11. The number of nitrogens with one attached hydrogen (secondary N) is 1. The molecule has 2 N–H and O–H groups in total. The molecule has 2 aliphatic heterocycles. The maximum Gasteiger partial charge on any atom is 0.0891 e. The zero-order valence-corrected chi connectivity index (χ0v) is 9.98. The first kappa shape index (κ1) is 11.1. The molecule has 0 aromatic heterocycles. The van der Waals surface area contributed by atoms with Crippen molar-refractivity contribution in [1.82, 2.24) is 0 Å². The molecule has 0 aliphatic carbocycles. The van der Waals surface area contributed by atoms with Gasteiger partial charge in [-0.3, -0.25) is 0 Å². The molecule has 1 aromatic rings. The van der Waals surface area contributed by atoms with Crippen LogP contribution in [0.2, 0.25) is 0 Å². The smallest absolute Gasteiger partial charge is 0.0891 e. The first-order chi connectivity index (χ1) is 8.28. The summed E-state index contributed by atoms with van der Waals surface area (Å²) in [6.07, 6.45) is 3.55. The van der Waals surface area contributed by atoms with Crippen LogP contribution >= 0.6 is 0 Å². The molecule has 2 aliphatic rings. The number of hydrogen-bond acceptors (Lipinski definition) is 3. The summed E-state index contributed by atoms with van der Waals surface area (Å²) in [7, 11) is 0. The van der Waals surface area contributed by atoms with Gasteiger partial charge in [-0.25, -0.2) is 0 Å². The van der Waals surface area contributed by atoms with E-state index in [0.717, 1.165) is 25.7 Å². The van der Waals surface area contributed by atoms with Crippen molar-refractivity contribution in [3.8, 4) is 0 Å². The third-order valence-corrected chi connectivity index (χ3v) is 4.06. The minimum Gasteiger partial charge on any atom is -0.388 e. The van der Waals surface area contributed by atoms with Gasteiger partial charge in [0.05, 0.1) is 11.6 Å². The van der Waals surface area contributed by atoms with Crippen LogP contribution in [-0.4, -0.2) is 30.0 Å². The number of anilines is 1. The number of aliphatic hydroxyl groups is 1. The van der Waals surface area contributed by atoms with Crippen molar-refractivity contribution in [1.29, 1.82) is 0 Å². The summed E-state index contributed by atoms with van der Waals surface area (Å²) in [5, 5.41) is 14.2. The van der Waals surface area contributed by atoms with E-state index in [0.29, 0.717) is 13.2 Å². The van der Waals surface area contributed by atoms with Gasteiger partial charge in [0.25, 0.3) is 0 Å². The van der Waals surface area contributed by atoms with Crippen molar-refractivity contribution in [3.05, 3.63) is 29.8 Å². The highest BCUT2D eigenvalue weighted by Crippen LogP contribution is 2.33. The predicted octanol–water partition coefficient (Wildman–Crippen LogP) is 1.95. The van der Waals surface area contributed by atoms with Crippen molar-refractivity contribution in [2.24, 2.45) is 0 Å². The van der Waals surface area contributed by atoms with Crippen molar-refractivity contribution in [2.45, 2.75) is 37.3 Å². The Morgan fingerprint density at radius 1 is 1.24 bits per heavy atom. The molecule has 2 heterocycles. The number of benzene rings is 1. The van der Waals surface area contributed by atoms with Crippen LogP contribution in [-0.2, 0) is 11.2 Å². The van der Waals surface area contributed by atoms with Crippen LogP contribution in [0, 0.1) is 0 Å². The molecule has 3 rings (SSSR count). The van der Waals surface area contributed by atoms with Crippen molar-refractivity contribution >= 4 is 5.69 Å². The lowest BCUT2D eigenvalue weighted by Gasteiger charge is -2.42. The second-order valence-corrected chi connectivity index (χ2v) is 5.11. The normalized spacial score (nSPS) is 27.0. The Balaban J connectivity index is 1.79. The highest BCUT2D eigenvalue weighted by atomic mass is 16.5. The molecule has 1 unspecified atom stereocenters. The summed E-state index contributed by atoms with van der Waals surface area (Å²) in [5.41, 5.74) is 1.95. The van der Waals surface area contributed by atoms with Gasteiger partial charge in [-0.05, 0) is 24.5 Å². The number of aryl methyl sites for hydroxylation is 1. The summed E-state index contributed by atoms with van der Waals surface area (Å²) >= 11 is 0. The average Bonchev–Trinajstić information content (AvgIpc) is 2.39. The molecule has 1 aromatic carbocycles. The number of para-hydroxylation sites is 1. The largest absolute Gasteiger partial charge is 0.388 e. The first-order valence-corrected chi connectivity index (χ1v) is 6.42. The SMILES string of the molecule is OC1(C2CCc3ccccc3N2)CCOCC1. The third kappa shape index (κ3) is 2.05. The predicted molar refractivity (Wildman–Crippen MR) is 67.2 cm³/mol. The molecule has 1 atom stereocenters. The van der Waals surface area contributed by atoms with Gasteiger partial charge in [-0.1, -0.05) is 18.2 Å². The zero-order chi connectivity index (χ0) is 11.7. The Labute approximate surface area is 102 Å². The lowest BCUT2D eigenvalue weighted by Crippen LogP contribution is -2.51. The zero-order valence-electron chi connectivity index (χ0n) is 9.98. The molecule has 0 amide bonds. The molecule has 3 heteroatoms. The Bertz CT molecular complexity index is 399. The van der Waals surface area contributed by atoms with E-state index in [1.807, 2.05) is 6.07 Å². The van der Waals surface area contributed by atoms with E-state index >= 15 is 0 Å². The Morgan fingerprint density at radius 2 is 2.00 bits per heavy atom. The first-order valence-electron chi connectivity index (χ1n) is 6.42. The third-order valence-electron chi connectivity index (χ3n) is 4.06. The summed E-state index contributed by atoms with van der Waals surface area (Å²) in [6, 6.07) is 8.55. The molecule has 0 spiro atoms. The molecule has 3 nitrogen and oxygen atoms in total. The van der Waals surface area contributed by atoms with E-state index in [1.165, 1.54) is 11.3 Å². The van der Waals surface area contributed by atoms with Crippen LogP contribution in [0.5, 0.6) is 0 Å². The van der Waals surface area contributed by atoms with E-state index in [9.17, 15) is 5.11 Å². The van der Waals surface area contributed by atoms with Gasteiger partial charge in [-0.15, -0.1) is 0 Å². The minimum absolute atomic E-state index is 0.168. The van der Waals surface area contributed by atoms with Crippen molar-refractivity contribution in [2.75, 3.05) is 18.5 Å². The van der Waals surface area contributed by atoms with Gasteiger partial charge < -0.3 is 15.2 Å². The molecular weight excluding hydrogens is 214 g/mol. The fourth-order valence-electron chi connectivity index (χ4n) is 2.92. The number of ether oxygens (including phenoxy) is 1. The molecule has 92 valence electrons. The van der Waals surface area contributed by atoms with Gasteiger partial charge >= 0.3 is 0 Å². The molecule has 17 heavy (non-hydrogen) atoms. The molecule has 0 radical (unpaired) electrons. The van der Waals surface area contributed by atoms with Crippen LogP contribution in [0.1, 0.15) is 24.8 Å². The standard InChI is InChI=1S/C14H19NO2/c16-14(7-9-17-10-8-14)13-6-5-11-3-1-2-4-12(11)15-13/h1-4,13,15-16H,5-10H2. The minimum atomic E-state index is -0.591. The second kappa shape index (κ2) is 4.31. The molecule has 1 fully saturated rings. The fourth-order valence-corrected chi connectivity index (χ4v) is 2.92. The van der Waals surface area contributed by atoms with Gasteiger partial charge in [0.2, 0.25) is 0 Å². The molecule has 0 saturated carbocycles. The Hall–Kier alpha value is -1.06. The summed E-state index contributed by atoms with van der Waals surface area (Å²) in [5.74, 6) is 0. The van der Waals surface area contributed by atoms with Crippen molar-refractivity contribution in [3.63, 3.8) is 0 Å². The maximum absolute atomic E-state index is 10.7. The van der Waals surface area contributed by atoms with E-state index in [4.69, 9.17) is 4.74 Å². The summed E-state index contributed by atoms with van der Waals surface area (Å²) in [4.78, 5) is 0. The number of rotatable bonds is 1. The maximum atomic E-state index is 10.7. The van der Waals surface area contributed by atoms with Crippen LogP contribution < -0.4 is 5.32 Å². The highest BCUT2D eigenvalue weighted by Gasteiger charge is 2.39. The summed E-state index contributed by atoms with van der Waals surface area (Å²) in [6.45, 7) is 1.35. The molecule has 1 saturated heterocycles. The Kier molecular flexibility index (Phi) is 2.81. The van der Waals surface area contributed by atoms with E-state index < -0.39 is 5.60 Å². The summed E-state index contributed by atoms with van der Waals surface area (Å²) < 4.78 is 5.34. The monoisotopic (exact) mass is 233 g/mol. The Morgan fingerprint density at radius 3 is 2.82 bits per heavy atom. The molecular formula is C14H19NO2. The van der Waals surface area contributed by atoms with Crippen LogP contribution in [0.4, 0.5) is 5.69 Å². The van der Waals surface area contributed by atoms with Crippen LogP contribution in [0.25, 0.3) is 0 Å².